The number of carbonyl (C=O) groups is 1. The molecule has 0 saturated carbocycles. The van der Waals surface area contributed by atoms with Crippen LogP contribution in [0.3, 0.4) is 0 Å². The predicted molar refractivity (Wildman–Crippen MR) is 66.3 cm³/mol. The summed E-state index contributed by atoms with van der Waals surface area (Å²) in [6.45, 7) is 8.39. The first-order valence-electron chi connectivity index (χ1n) is 5.09. The molecule has 86 valence electrons. The fourth-order valence-corrected chi connectivity index (χ4v) is 1.23. The van der Waals surface area contributed by atoms with Crippen molar-refractivity contribution in [2.24, 2.45) is 5.92 Å². The van der Waals surface area contributed by atoms with Crippen molar-refractivity contribution in [3.05, 3.63) is 40.9 Å². The van der Waals surface area contributed by atoms with Gasteiger partial charge in [0, 0.05) is 5.02 Å². The molecule has 0 unspecified atom stereocenters. The van der Waals surface area contributed by atoms with Crippen molar-refractivity contribution in [2.45, 2.75) is 13.8 Å². The molecule has 1 aromatic carbocycles. The van der Waals surface area contributed by atoms with Gasteiger partial charge in [-0.2, -0.15) is 0 Å². The molecule has 16 heavy (non-hydrogen) atoms. The summed E-state index contributed by atoms with van der Waals surface area (Å²) in [6, 6.07) is 4.94. The summed E-state index contributed by atoms with van der Waals surface area (Å²) < 4.78 is 5.52. The number of ether oxygens (including phenoxy) is 1. The maximum atomic E-state index is 10.8. The molecular formula is C13H15ClO2. The Labute approximate surface area is 101 Å². The van der Waals surface area contributed by atoms with Crippen LogP contribution in [0.15, 0.2) is 30.4 Å². The molecule has 0 aliphatic heterocycles. The van der Waals surface area contributed by atoms with Crippen LogP contribution in [0.5, 0.6) is 5.75 Å². The highest BCUT2D eigenvalue weighted by molar-refractivity contribution is 6.30. The van der Waals surface area contributed by atoms with E-state index in [2.05, 4.69) is 6.58 Å². The molecule has 0 amide bonds. The van der Waals surface area contributed by atoms with Gasteiger partial charge < -0.3 is 4.74 Å². The summed E-state index contributed by atoms with van der Waals surface area (Å²) in [5.41, 5.74) is 1.48. The number of rotatable bonds is 5. The van der Waals surface area contributed by atoms with Gasteiger partial charge in [-0.05, 0) is 29.7 Å². The van der Waals surface area contributed by atoms with Crippen molar-refractivity contribution in [1.82, 2.24) is 0 Å². The molecule has 0 radical (unpaired) electrons. The smallest absolute Gasteiger partial charge is 0.153 e. The lowest BCUT2D eigenvalue weighted by molar-refractivity contribution is 0.112. The maximum absolute atomic E-state index is 10.8. The molecular weight excluding hydrogens is 224 g/mol. The molecule has 0 fully saturated rings. The molecule has 0 atom stereocenters. The van der Waals surface area contributed by atoms with Gasteiger partial charge >= 0.3 is 0 Å². The number of carbonyl (C=O) groups excluding carboxylic acids is 1. The average Bonchev–Trinajstić information content (AvgIpc) is 2.25. The van der Waals surface area contributed by atoms with Crippen molar-refractivity contribution < 1.29 is 9.53 Å². The largest absolute Gasteiger partial charge is 0.488 e. The number of hydrogen-bond acceptors (Lipinski definition) is 2. The Bertz CT molecular complexity index is 397. The van der Waals surface area contributed by atoms with E-state index in [1.807, 2.05) is 13.8 Å². The van der Waals surface area contributed by atoms with Crippen LogP contribution in [-0.2, 0) is 0 Å². The molecule has 0 aliphatic carbocycles. The summed E-state index contributed by atoms with van der Waals surface area (Å²) >= 11 is 5.83. The first-order chi connectivity index (χ1) is 7.54. The Morgan fingerprint density at radius 2 is 2.25 bits per heavy atom. The van der Waals surface area contributed by atoms with Gasteiger partial charge in [-0.3, -0.25) is 4.79 Å². The van der Waals surface area contributed by atoms with E-state index in [0.29, 0.717) is 28.9 Å². The van der Waals surface area contributed by atoms with Gasteiger partial charge in [0.15, 0.2) is 6.29 Å². The molecule has 1 rings (SSSR count). The van der Waals surface area contributed by atoms with E-state index in [1.54, 1.807) is 18.2 Å². The Kier molecular flexibility index (Phi) is 4.56. The minimum atomic E-state index is 0.360. The van der Waals surface area contributed by atoms with Gasteiger partial charge in [-0.1, -0.05) is 32.0 Å². The maximum Gasteiger partial charge on any atom is 0.153 e. The molecule has 0 saturated heterocycles. The molecule has 3 heteroatoms. The van der Waals surface area contributed by atoms with Crippen LogP contribution in [0.4, 0.5) is 0 Å². The lowest BCUT2D eigenvalue weighted by atomic mass is 10.1. The zero-order valence-electron chi connectivity index (χ0n) is 9.50. The van der Waals surface area contributed by atoms with E-state index < -0.39 is 0 Å². The topological polar surface area (TPSA) is 26.3 Å². The quantitative estimate of drug-likeness (QED) is 0.577. The summed E-state index contributed by atoms with van der Waals surface area (Å²) in [7, 11) is 0. The highest BCUT2D eigenvalue weighted by atomic mass is 35.5. The van der Waals surface area contributed by atoms with Gasteiger partial charge in [-0.15, -0.1) is 0 Å². The van der Waals surface area contributed by atoms with E-state index in [9.17, 15) is 4.79 Å². The van der Waals surface area contributed by atoms with Gasteiger partial charge in [0.2, 0.25) is 0 Å². The zero-order chi connectivity index (χ0) is 12.1. The summed E-state index contributed by atoms with van der Waals surface area (Å²) in [5, 5.41) is 0.552. The van der Waals surface area contributed by atoms with Crippen LogP contribution >= 0.6 is 11.6 Å². The fraction of sp³-hybridized carbons (Fsp3) is 0.308. The second-order valence-corrected chi connectivity index (χ2v) is 4.34. The second-order valence-electron chi connectivity index (χ2n) is 3.90. The minimum absolute atomic E-state index is 0.360. The van der Waals surface area contributed by atoms with Crippen molar-refractivity contribution in [3.63, 3.8) is 0 Å². The molecule has 0 N–H and O–H groups in total. The van der Waals surface area contributed by atoms with Crippen molar-refractivity contribution in [2.75, 3.05) is 6.61 Å². The molecule has 1 aromatic rings. The van der Waals surface area contributed by atoms with Crippen LogP contribution in [0, 0.1) is 5.92 Å². The average molecular weight is 239 g/mol. The number of hydrogen-bond donors (Lipinski definition) is 0. The van der Waals surface area contributed by atoms with Crippen LogP contribution in [0.2, 0.25) is 5.02 Å². The number of benzene rings is 1. The fourth-order valence-electron chi connectivity index (χ4n) is 1.07. The van der Waals surface area contributed by atoms with Crippen LogP contribution in [0.1, 0.15) is 24.2 Å². The number of halogens is 1. The monoisotopic (exact) mass is 238 g/mol. The van der Waals surface area contributed by atoms with E-state index in [-0.39, 0.29) is 0 Å². The molecule has 2 nitrogen and oxygen atoms in total. The van der Waals surface area contributed by atoms with E-state index >= 15 is 0 Å². The summed E-state index contributed by atoms with van der Waals surface area (Å²) in [5.74, 6) is 0.864. The lowest BCUT2D eigenvalue weighted by Crippen LogP contribution is -2.06. The Balaban J connectivity index is 2.76. The van der Waals surface area contributed by atoms with Crippen LogP contribution in [-0.4, -0.2) is 12.9 Å². The lowest BCUT2D eigenvalue weighted by Gasteiger charge is -2.12. The van der Waals surface area contributed by atoms with Crippen LogP contribution < -0.4 is 4.74 Å². The minimum Gasteiger partial charge on any atom is -0.488 e. The van der Waals surface area contributed by atoms with Crippen molar-refractivity contribution >= 4 is 17.9 Å². The Morgan fingerprint density at radius 3 is 2.81 bits per heavy atom. The summed E-state index contributed by atoms with van der Waals surface area (Å²) in [6.07, 6.45) is 0.754. The number of aldehydes is 1. The van der Waals surface area contributed by atoms with E-state index in [0.717, 1.165) is 11.9 Å². The SMILES string of the molecule is C=C(COc1cc(Cl)ccc1C=O)C(C)C. The third-order valence-electron chi connectivity index (χ3n) is 2.33. The van der Waals surface area contributed by atoms with Crippen LogP contribution in [0.25, 0.3) is 0 Å². The third-order valence-corrected chi connectivity index (χ3v) is 2.57. The first kappa shape index (κ1) is 12.8. The molecule has 0 heterocycles. The van der Waals surface area contributed by atoms with Gasteiger partial charge in [0.25, 0.3) is 0 Å². The standard InChI is InChI=1S/C13H15ClO2/c1-9(2)10(3)8-16-13-6-12(14)5-4-11(13)7-15/h4-7,9H,3,8H2,1-2H3. The molecule has 0 bridgehead atoms. The van der Waals surface area contributed by atoms with Gasteiger partial charge in [0.05, 0.1) is 5.56 Å². The third kappa shape index (κ3) is 3.38. The van der Waals surface area contributed by atoms with Gasteiger partial charge in [-0.25, -0.2) is 0 Å². The van der Waals surface area contributed by atoms with Crippen molar-refractivity contribution in [3.8, 4) is 5.75 Å². The predicted octanol–water partition coefficient (Wildman–Crippen LogP) is 3.74. The van der Waals surface area contributed by atoms with E-state index in [1.165, 1.54) is 0 Å². The van der Waals surface area contributed by atoms with Gasteiger partial charge in [0.1, 0.15) is 12.4 Å². The Hall–Kier alpha value is -1.28. The van der Waals surface area contributed by atoms with Crippen molar-refractivity contribution in [1.29, 1.82) is 0 Å². The Morgan fingerprint density at radius 1 is 1.56 bits per heavy atom. The zero-order valence-corrected chi connectivity index (χ0v) is 10.3. The molecule has 0 spiro atoms. The highest BCUT2D eigenvalue weighted by Crippen LogP contribution is 2.23. The molecule has 0 aromatic heterocycles. The first-order valence-corrected chi connectivity index (χ1v) is 5.47. The molecule has 0 aliphatic rings. The highest BCUT2D eigenvalue weighted by Gasteiger charge is 2.06. The summed E-state index contributed by atoms with van der Waals surface area (Å²) in [4.78, 5) is 10.8. The second kappa shape index (κ2) is 5.71. The normalized spacial score (nSPS) is 10.2. The van der Waals surface area contributed by atoms with E-state index in [4.69, 9.17) is 16.3 Å².